The Kier molecular flexibility index (Phi) is 3.71. The molecule has 18 heavy (non-hydrogen) atoms. The van der Waals surface area contributed by atoms with Crippen molar-refractivity contribution < 1.29 is 4.74 Å². The van der Waals surface area contributed by atoms with Crippen LogP contribution in [0.2, 0.25) is 0 Å². The van der Waals surface area contributed by atoms with Crippen LogP contribution >= 0.6 is 0 Å². The van der Waals surface area contributed by atoms with Gasteiger partial charge in [0.25, 0.3) is 0 Å². The standard InChI is InChI=1S/C15H24N2O/c1-2-16-15(13-5-6-13)14-7-8-17(9-14)11-18-10-12-3-4-12/h7-9,12-13,15-16H,2-6,10-11H2,1H3. The Morgan fingerprint density at radius 1 is 1.39 bits per heavy atom. The molecule has 3 nitrogen and oxygen atoms in total. The maximum atomic E-state index is 5.72. The predicted octanol–water partition coefficient (Wildman–Crippen LogP) is 2.93. The van der Waals surface area contributed by atoms with Gasteiger partial charge in [-0.3, -0.25) is 0 Å². The molecule has 3 heteroatoms. The molecule has 0 aromatic carbocycles. The van der Waals surface area contributed by atoms with Crippen molar-refractivity contribution >= 4 is 0 Å². The molecule has 1 atom stereocenters. The van der Waals surface area contributed by atoms with Crippen molar-refractivity contribution in [2.45, 2.75) is 45.4 Å². The summed E-state index contributed by atoms with van der Waals surface area (Å²) in [6, 6.07) is 2.80. The summed E-state index contributed by atoms with van der Waals surface area (Å²) < 4.78 is 7.89. The molecule has 3 rings (SSSR count). The molecule has 0 aliphatic heterocycles. The van der Waals surface area contributed by atoms with Gasteiger partial charge in [0, 0.05) is 18.4 Å². The summed E-state index contributed by atoms with van der Waals surface area (Å²) in [6.45, 7) is 4.88. The van der Waals surface area contributed by atoms with Crippen LogP contribution in [0, 0.1) is 11.8 Å². The minimum absolute atomic E-state index is 0.555. The fourth-order valence-corrected chi connectivity index (χ4v) is 2.54. The second kappa shape index (κ2) is 5.45. The molecule has 0 bridgehead atoms. The lowest BCUT2D eigenvalue weighted by molar-refractivity contribution is 0.0691. The van der Waals surface area contributed by atoms with Crippen LogP contribution in [0.3, 0.4) is 0 Å². The molecule has 2 aliphatic rings. The van der Waals surface area contributed by atoms with Gasteiger partial charge in [-0.1, -0.05) is 6.92 Å². The monoisotopic (exact) mass is 248 g/mol. The molecule has 0 amide bonds. The quantitative estimate of drug-likeness (QED) is 0.765. The fourth-order valence-electron chi connectivity index (χ4n) is 2.54. The number of rotatable bonds is 8. The number of ether oxygens (including phenoxy) is 1. The Bertz CT molecular complexity index is 380. The van der Waals surface area contributed by atoms with Crippen LogP contribution in [0.1, 0.15) is 44.2 Å². The second-order valence-corrected chi connectivity index (χ2v) is 5.78. The number of nitrogens with one attached hydrogen (secondary N) is 1. The van der Waals surface area contributed by atoms with Crippen LogP contribution in [0.4, 0.5) is 0 Å². The first-order valence-electron chi connectivity index (χ1n) is 7.33. The summed E-state index contributed by atoms with van der Waals surface area (Å²) in [4.78, 5) is 0. The van der Waals surface area contributed by atoms with Crippen molar-refractivity contribution in [1.29, 1.82) is 0 Å². The summed E-state index contributed by atoms with van der Waals surface area (Å²) in [5.41, 5.74) is 1.43. The molecule has 2 saturated carbocycles. The first kappa shape index (κ1) is 12.2. The Morgan fingerprint density at radius 3 is 2.89 bits per heavy atom. The predicted molar refractivity (Wildman–Crippen MR) is 72.2 cm³/mol. The number of nitrogens with zero attached hydrogens (tertiary/aromatic N) is 1. The lowest BCUT2D eigenvalue weighted by Gasteiger charge is -2.15. The highest BCUT2D eigenvalue weighted by Gasteiger charge is 2.32. The molecule has 1 N–H and O–H groups in total. The number of hydrogen-bond acceptors (Lipinski definition) is 2. The van der Waals surface area contributed by atoms with Gasteiger partial charge in [-0.15, -0.1) is 0 Å². The smallest absolute Gasteiger partial charge is 0.122 e. The second-order valence-electron chi connectivity index (χ2n) is 5.78. The first-order valence-corrected chi connectivity index (χ1v) is 7.33. The largest absolute Gasteiger partial charge is 0.361 e. The zero-order chi connectivity index (χ0) is 12.4. The third-order valence-corrected chi connectivity index (χ3v) is 3.94. The summed E-state index contributed by atoms with van der Waals surface area (Å²) in [6.07, 6.45) is 9.87. The zero-order valence-electron chi connectivity index (χ0n) is 11.3. The number of hydrogen-bond donors (Lipinski definition) is 1. The van der Waals surface area contributed by atoms with Crippen molar-refractivity contribution in [2.75, 3.05) is 13.2 Å². The third kappa shape index (κ3) is 3.15. The van der Waals surface area contributed by atoms with Crippen LogP contribution in [-0.2, 0) is 11.5 Å². The van der Waals surface area contributed by atoms with Gasteiger partial charge < -0.3 is 14.6 Å². The van der Waals surface area contributed by atoms with Gasteiger partial charge in [-0.05, 0) is 55.7 Å². The van der Waals surface area contributed by atoms with Crippen molar-refractivity contribution in [2.24, 2.45) is 11.8 Å². The SMILES string of the molecule is CCNC(c1ccn(COCC2CC2)c1)C1CC1. The average Bonchev–Trinajstić information content (AvgIpc) is 3.26. The molecule has 100 valence electrons. The molecule has 1 unspecified atom stereocenters. The Labute approximate surface area is 110 Å². The van der Waals surface area contributed by atoms with E-state index in [4.69, 9.17) is 4.74 Å². The summed E-state index contributed by atoms with van der Waals surface area (Å²) in [7, 11) is 0. The highest BCUT2D eigenvalue weighted by molar-refractivity contribution is 5.18. The van der Waals surface area contributed by atoms with Gasteiger partial charge in [0.15, 0.2) is 0 Å². The fraction of sp³-hybridized carbons (Fsp3) is 0.733. The highest BCUT2D eigenvalue weighted by atomic mass is 16.5. The Hall–Kier alpha value is -0.800. The lowest BCUT2D eigenvalue weighted by atomic mass is 10.1. The minimum Gasteiger partial charge on any atom is -0.361 e. The summed E-state index contributed by atoms with van der Waals surface area (Å²) >= 11 is 0. The van der Waals surface area contributed by atoms with E-state index in [1.54, 1.807) is 0 Å². The van der Waals surface area contributed by atoms with Crippen LogP contribution in [0.15, 0.2) is 18.5 Å². The molecule has 0 radical (unpaired) electrons. The topological polar surface area (TPSA) is 26.2 Å². The van der Waals surface area contributed by atoms with E-state index in [1.165, 1.54) is 31.2 Å². The van der Waals surface area contributed by atoms with E-state index in [0.717, 1.165) is 25.0 Å². The van der Waals surface area contributed by atoms with Gasteiger partial charge in [0.1, 0.15) is 6.73 Å². The normalized spacial score (nSPS) is 21.2. The van der Waals surface area contributed by atoms with Crippen molar-refractivity contribution in [3.8, 4) is 0 Å². The molecule has 2 aliphatic carbocycles. The molecular weight excluding hydrogens is 224 g/mol. The van der Waals surface area contributed by atoms with Gasteiger partial charge in [-0.25, -0.2) is 0 Å². The maximum Gasteiger partial charge on any atom is 0.122 e. The average molecular weight is 248 g/mol. The number of aromatic nitrogens is 1. The molecule has 0 saturated heterocycles. The van der Waals surface area contributed by atoms with Crippen molar-refractivity contribution in [3.05, 3.63) is 24.0 Å². The molecule has 0 spiro atoms. The van der Waals surface area contributed by atoms with E-state index < -0.39 is 0 Å². The van der Waals surface area contributed by atoms with E-state index in [0.29, 0.717) is 12.8 Å². The van der Waals surface area contributed by atoms with Gasteiger partial charge >= 0.3 is 0 Å². The lowest BCUT2D eigenvalue weighted by Crippen LogP contribution is -2.22. The minimum atomic E-state index is 0.555. The van der Waals surface area contributed by atoms with Crippen molar-refractivity contribution in [3.63, 3.8) is 0 Å². The third-order valence-electron chi connectivity index (χ3n) is 3.94. The summed E-state index contributed by atoms with van der Waals surface area (Å²) in [5.74, 6) is 1.70. The van der Waals surface area contributed by atoms with E-state index >= 15 is 0 Å². The van der Waals surface area contributed by atoms with E-state index in [-0.39, 0.29) is 0 Å². The molecule has 2 fully saturated rings. The van der Waals surface area contributed by atoms with Gasteiger partial charge in [0.05, 0.1) is 6.61 Å². The zero-order valence-corrected chi connectivity index (χ0v) is 11.3. The van der Waals surface area contributed by atoms with Gasteiger partial charge in [-0.2, -0.15) is 0 Å². The molecule has 1 heterocycles. The maximum absolute atomic E-state index is 5.72. The van der Waals surface area contributed by atoms with E-state index in [9.17, 15) is 0 Å². The summed E-state index contributed by atoms with van der Waals surface area (Å²) in [5, 5.41) is 3.60. The van der Waals surface area contributed by atoms with Crippen LogP contribution < -0.4 is 5.32 Å². The molecular formula is C15H24N2O. The van der Waals surface area contributed by atoms with Gasteiger partial charge in [0.2, 0.25) is 0 Å². The van der Waals surface area contributed by atoms with Crippen LogP contribution in [0.25, 0.3) is 0 Å². The molecule has 1 aromatic heterocycles. The highest BCUT2D eigenvalue weighted by Crippen LogP contribution is 2.41. The Balaban J connectivity index is 1.53. The van der Waals surface area contributed by atoms with Crippen LogP contribution in [-0.4, -0.2) is 17.7 Å². The first-order chi connectivity index (χ1) is 8.86. The Morgan fingerprint density at radius 2 is 2.22 bits per heavy atom. The van der Waals surface area contributed by atoms with E-state index in [1.807, 2.05) is 0 Å². The van der Waals surface area contributed by atoms with Crippen LogP contribution in [0.5, 0.6) is 0 Å². The molecule has 1 aromatic rings. The van der Waals surface area contributed by atoms with E-state index in [2.05, 4.69) is 35.3 Å². The van der Waals surface area contributed by atoms with Crippen molar-refractivity contribution in [1.82, 2.24) is 9.88 Å².